The molecule has 0 bridgehead atoms. The number of benzene rings is 2. The van der Waals surface area contributed by atoms with Crippen LogP contribution in [-0.2, 0) is 22.7 Å². The van der Waals surface area contributed by atoms with E-state index in [4.69, 9.17) is 21.1 Å². The zero-order valence-electron chi connectivity index (χ0n) is 18.4. The van der Waals surface area contributed by atoms with Crippen molar-refractivity contribution in [3.8, 4) is 5.75 Å². The molecule has 4 rings (SSSR count). The zero-order valence-corrected chi connectivity index (χ0v) is 19.2. The third-order valence-corrected chi connectivity index (χ3v) is 5.84. The highest BCUT2D eigenvalue weighted by Gasteiger charge is 2.21. The standard InChI is InChI=1S/C27H27ClN2O3/c28-26-8-2-1-6-23(26)11-14-27(31)30(19-25-7-4-16-32-25)18-21-9-12-24(13-10-21)33-20-22-5-3-15-29-17-22/h1-3,5-6,8-15,17,25H,4,7,16,18-20H2/b14-11+. The summed E-state index contributed by atoms with van der Waals surface area (Å²) in [6.07, 6.45) is 8.96. The van der Waals surface area contributed by atoms with Crippen LogP contribution in [0.1, 0.15) is 29.5 Å². The van der Waals surface area contributed by atoms with Crippen LogP contribution in [0, 0.1) is 0 Å². The van der Waals surface area contributed by atoms with E-state index in [1.54, 1.807) is 24.5 Å². The molecule has 1 saturated heterocycles. The normalized spacial score (nSPS) is 15.6. The Kier molecular flexibility index (Phi) is 8.12. The predicted octanol–water partition coefficient (Wildman–Crippen LogP) is 5.54. The molecule has 1 atom stereocenters. The van der Waals surface area contributed by atoms with E-state index in [9.17, 15) is 4.79 Å². The molecule has 0 radical (unpaired) electrons. The van der Waals surface area contributed by atoms with E-state index in [-0.39, 0.29) is 12.0 Å². The molecule has 3 aromatic rings. The third-order valence-electron chi connectivity index (χ3n) is 5.50. The van der Waals surface area contributed by atoms with E-state index in [1.165, 1.54) is 0 Å². The number of carbonyl (C=O) groups is 1. The number of ether oxygens (including phenoxy) is 2. The van der Waals surface area contributed by atoms with Crippen molar-refractivity contribution in [2.75, 3.05) is 13.2 Å². The fraction of sp³-hybridized carbons (Fsp3) is 0.259. The Labute approximate surface area is 199 Å². The van der Waals surface area contributed by atoms with Crippen molar-refractivity contribution in [3.63, 3.8) is 0 Å². The molecule has 1 aliphatic rings. The molecule has 1 aromatic heterocycles. The first-order valence-corrected chi connectivity index (χ1v) is 11.5. The van der Waals surface area contributed by atoms with E-state index in [1.807, 2.05) is 65.6 Å². The maximum absolute atomic E-state index is 13.1. The lowest BCUT2D eigenvalue weighted by Crippen LogP contribution is -2.35. The largest absolute Gasteiger partial charge is 0.489 e. The first-order valence-electron chi connectivity index (χ1n) is 11.1. The molecule has 1 aliphatic heterocycles. The van der Waals surface area contributed by atoms with Crippen molar-refractivity contribution in [1.82, 2.24) is 9.88 Å². The fourth-order valence-corrected chi connectivity index (χ4v) is 3.90. The van der Waals surface area contributed by atoms with E-state index in [0.29, 0.717) is 24.7 Å². The van der Waals surface area contributed by atoms with Crippen molar-refractivity contribution < 1.29 is 14.3 Å². The van der Waals surface area contributed by atoms with Crippen LogP contribution in [0.4, 0.5) is 0 Å². The van der Waals surface area contributed by atoms with Gasteiger partial charge < -0.3 is 14.4 Å². The molecule has 1 fully saturated rings. The first-order chi connectivity index (χ1) is 16.2. The SMILES string of the molecule is O=C(/C=C/c1ccccc1Cl)N(Cc1ccc(OCc2cccnc2)cc1)CC1CCCO1. The van der Waals surface area contributed by atoms with E-state index in [0.717, 1.165) is 41.9 Å². The summed E-state index contributed by atoms with van der Waals surface area (Å²) >= 11 is 6.22. The van der Waals surface area contributed by atoms with Gasteiger partial charge in [-0.2, -0.15) is 0 Å². The number of amides is 1. The molecule has 0 N–H and O–H groups in total. The van der Waals surface area contributed by atoms with E-state index in [2.05, 4.69) is 4.98 Å². The van der Waals surface area contributed by atoms with Crippen LogP contribution < -0.4 is 4.74 Å². The van der Waals surface area contributed by atoms with Crippen LogP contribution >= 0.6 is 11.6 Å². The molecule has 2 aromatic carbocycles. The summed E-state index contributed by atoms with van der Waals surface area (Å²) in [5, 5.41) is 0.620. The molecule has 170 valence electrons. The zero-order chi connectivity index (χ0) is 22.9. The summed E-state index contributed by atoms with van der Waals surface area (Å²) in [5.41, 5.74) is 2.86. The number of carbonyl (C=O) groups excluding carboxylic acids is 1. The molecule has 0 aliphatic carbocycles. The van der Waals surface area contributed by atoms with Gasteiger partial charge in [-0.3, -0.25) is 9.78 Å². The number of hydrogen-bond donors (Lipinski definition) is 0. The smallest absolute Gasteiger partial charge is 0.246 e. The first kappa shape index (κ1) is 23.0. The summed E-state index contributed by atoms with van der Waals surface area (Å²) in [7, 11) is 0. The summed E-state index contributed by atoms with van der Waals surface area (Å²) in [6, 6.07) is 19.2. The number of halogens is 1. The van der Waals surface area contributed by atoms with Crippen molar-refractivity contribution in [2.45, 2.75) is 32.1 Å². The predicted molar refractivity (Wildman–Crippen MR) is 130 cm³/mol. The van der Waals surface area contributed by atoms with Crippen molar-refractivity contribution >= 4 is 23.6 Å². The Balaban J connectivity index is 1.41. The van der Waals surface area contributed by atoms with Gasteiger partial charge in [0.1, 0.15) is 12.4 Å². The Bertz CT molecular complexity index is 1060. The van der Waals surface area contributed by atoms with Crippen LogP contribution in [0.3, 0.4) is 0 Å². The van der Waals surface area contributed by atoms with Crippen LogP contribution in [0.25, 0.3) is 6.08 Å². The number of pyridine rings is 1. The molecular formula is C27H27ClN2O3. The Hall–Kier alpha value is -3.15. The van der Waals surface area contributed by atoms with E-state index >= 15 is 0 Å². The van der Waals surface area contributed by atoms with Gasteiger partial charge in [0, 0.05) is 48.8 Å². The minimum atomic E-state index is -0.0673. The summed E-state index contributed by atoms with van der Waals surface area (Å²) in [5.74, 6) is 0.709. The van der Waals surface area contributed by atoms with Crippen molar-refractivity contribution in [2.24, 2.45) is 0 Å². The van der Waals surface area contributed by atoms with Gasteiger partial charge in [-0.15, -0.1) is 0 Å². The Morgan fingerprint density at radius 1 is 1.12 bits per heavy atom. The van der Waals surface area contributed by atoms with Crippen LogP contribution in [0.5, 0.6) is 5.75 Å². The van der Waals surface area contributed by atoms with Gasteiger partial charge in [0.15, 0.2) is 0 Å². The number of aromatic nitrogens is 1. The van der Waals surface area contributed by atoms with Gasteiger partial charge in [0.25, 0.3) is 0 Å². The van der Waals surface area contributed by atoms with Gasteiger partial charge in [-0.1, -0.05) is 48.0 Å². The molecule has 6 heteroatoms. The Morgan fingerprint density at radius 2 is 1.97 bits per heavy atom. The summed E-state index contributed by atoms with van der Waals surface area (Å²) < 4.78 is 11.6. The topological polar surface area (TPSA) is 51.7 Å². The lowest BCUT2D eigenvalue weighted by Gasteiger charge is -2.24. The van der Waals surface area contributed by atoms with Crippen LogP contribution in [0.2, 0.25) is 5.02 Å². The molecule has 1 unspecified atom stereocenters. The maximum Gasteiger partial charge on any atom is 0.246 e. The van der Waals surface area contributed by atoms with Gasteiger partial charge in [0.05, 0.1) is 6.10 Å². The Morgan fingerprint density at radius 3 is 2.70 bits per heavy atom. The van der Waals surface area contributed by atoms with Crippen LogP contribution in [-0.4, -0.2) is 35.0 Å². The molecule has 33 heavy (non-hydrogen) atoms. The average Bonchev–Trinajstić information content (AvgIpc) is 3.36. The fourth-order valence-electron chi connectivity index (χ4n) is 3.70. The van der Waals surface area contributed by atoms with Crippen LogP contribution in [0.15, 0.2) is 79.1 Å². The maximum atomic E-state index is 13.1. The van der Waals surface area contributed by atoms with Gasteiger partial charge in [0.2, 0.25) is 5.91 Å². The summed E-state index contributed by atoms with van der Waals surface area (Å²) in [4.78, 5) is 19.0. The van der Waals surface area contributed by atoms with E-state index < -0.39 is 0 Å². The molecule has 5 nitrogen and oxygen atoms in total. The monoisotopic (exact) mass is 462 g/mol. The van der Waals surface area contributed by atoms with Gasteiger partial charge in [-0.25, -0.2) is 0 Å². The second-order valence-corrected chi connectivity index (χ2v) is 8.41. The molecular weight excluding hydrogens is 436 g/mol. The number of hydrogen-bond acceptors (Lipinski definition) is 4. The quantitative estimate of drug-likeness (QED) is 0.392. The summed E-state index contributed by atoms with van der Waals surface area (Å²) in [6.45, 7) is 2.27. The van der Waals surface area contributed by atoms with Gasteiger partial charge >= 0.3 is 0 Å². The van der Waals surface area contributed by atoms with Crippen molar-refractivity contribution in [3.05, 3.63) is 101 Å². The lowest BCUT2D eigenvalue weighted by molar-refractivity contribution is -0.128. The number of nitrogens with zero attached hydrogens (tertiary/aromatic N) is 2. The second kappa shape index (κ2) is 11.6. The molecule has 0 saturated carbocycles. The highest BCUT2D eigenvalue weighted by molar-refractivity contribution is 6.32. The lowest BCUT2D eigenvalue weighted by atomic mass is 10.1. The number of rotatable bonds is 9. The average molecular weight is 463 g/mol. The second-order valence-electron chi connectivity index (χ2n) is 8.00. The molecule has 0 spiro atoms. The molecule has 1 amide bonds. The minimum absolute atomic E-state index is 0.0673. The molecule has 2 heterocycles. The van der Waals surface area contributed by atoms with Gasteiger partial charge in [-0.05, 0) is 54.3 Å². The van der Waals surface area contributed by atoms with Crippen molar-refractivity contribution in [1.29, 1.82) is 0 Å². The minimum Gasteiger partial charge on any atom is -0.489 e. The highest BCUT2D eigenvalue weighted by atomic mass is 35.5. The third kappa shape index (κ3) is 6.91. The highest BCUT2D eigenvalue weighted by Crippen LogP contribution is 2.20.